The Hall–Kier alpha value is -1.55. The zero-order valence-electron chi connectivity index (χ0n) is 11.9. The predicted octanol–water partition coefficient (Wildman–Crippen LogP) is 3.29. The number of ketones is 1. The molecule has 2 rings (SSSR count). The van der Waals surface area contributed by atoms with Gasteiger partial charge in [0.1, 0.15) is 11.6 Å². The lowest BCUT2D eigenvalue weighted by atomic mass is 10.0. The molecule has 1 aromatic rings. The van der Waals surface area contributed by atoms with Crippen molar-refractivity contribution in [2.75, 3.05) is 5.88 Å². The largest absolute Gasteiger partial charge is 0.444 e. The first-order chi connectivity index (χ1) is 9.33. The van der Waals surface area contributed by atoms with E-state index in [1.165, 1.54) is 4.90 Å². The maximum atomic E-state index is 12.3. The smallest absolute Gasteiger partial charge is 0.411 e. The summed E-state index contributed by atoms with van der Waals surface area (Å²) in [5.74, 6) is -0.319. The monoisotopic (exact) mass is 295 g/mol. The lowest BCUT2D eigenvalue weighted by molar-refractivity contribution is -0.121. The number of fused-ring (bicyclic) bond motifs is 1. The summed E-state index contributed by atoms with van der Waals surface area (Å²) in [6.07, 6.45) is -0.489. The van der Waals surface area contributed by atoms with E-state index in [9.17, 15) is 9.59 Å². The highest BCUT2D eigenvalue weighted by Gasteiger charge is 2.39. The Morgan fingerprint density at radius 3 is 2.60 bits per heavy atom. The molecule has 1 aromatic carbocycles. The van der Waals surface area contributed by atoms with Crippen molar-refractivity contribution in [1.82, 2.24) is 4.90 Å². The van der Waals surface area contributed by atoms with E-state index in [0.29, 0.717) is 6.54 Å². The summed E-state index contributed by atoms with van der Waals surface area (Å²) in [5, 5.41) is 0. The third kappa shape index (κ3) is 2.96. The van der Waals surface area contributed by atoms with Crippen LogP contribution >= 0.6 is 11.6 Å². The standard InChI is InChI=1S/C15H18ClNO3/c1-15(2,3)20-14(19)17-9-10-6-4-5-7-11(10)13(17)12(18)8-16/h4-7,13H,8-9H2,1-3H3. The van der Waals surface area contributed by atoms with Crippen LogP contribution in [0.25, 0.3) is 0 Å². The molecule has 1 aliphatic heterocycles. The minimum absolute atomic E-state index is 0.127. The summed E-state index contributed by atoms with van der Waals surface area (Å²) in [7, 11) is 0. The number of Topliss-reactive ketones (excluding diaryl/α,β-unsaturated/α-hetero) is 1. The summed E-state index contributed by atoms with van der Waals surface area (Å²) in [5.41, 5.74) is 1.20. The maximum Gasteiger partial charge on any atom is 0.411 e. The first-order valence-electron chi connectivity index (χ1n) is 6.49. The topological polar surface area (TPSA) is 46.6 Å². The summed E-state index contributed by atoms with van der Waals surface area (Å²) < 4.78 is 5.37. The third-order valence-electron chi connectivity index (χ3n) is 3.07. The van der Waals surface area contributed by atoms with E-state index in [2.05, 4.69) is 0 Å². The van der Waals surface area contributed by atoms with Crippen molar-refractivity contribution in [3.63, 3.8) is 0 Å². The molecule has 1 atom stereocenters. The second-order valence-electron chi connectivity index (χ2n) is 5.81. The number of amides is 1. The molecule has 0 bridgehead atoms. The van der Waals surface area contributed by atoms with Crippen molar-refractivity contribution in [1.29, 1.82) is 0 Å². The molecule has 0 saturated heterocycles. The molecule has 5 heteroatoms. The summed E-state index contributed by atoms with van der Waals surface area (Å²) in [4.78, 5) is 25.8. The number of benzene rings is 1. The fraction of sp³-hybridized carbons (Fsp3) is 0.467. The van der Waals surface area contributed by atoms with Crippen molar-refractivity contribution < 1.29 is 14.3 Å². The van der Waals surface area contributed by atoms with Gasteiger partial charge in [0.15, 0.2) is 5.78 Å². The van der Waals surface area contributed by atoms with E-state index in [0.717, 1.165) is 11.1 Å². The summed E-state index contributed by atoms with van der Waals surface area (Å²) >= 11 is 5.67. The Balaban J connectivity index is 2.31. The first-order valence-corrected chi connectivity index (χ1v) is 7.03. The molecular weight excluding hydrogens is 278 g/mol. The fourth-order valence-corrected chi connectivity index (χ4v) is 2.44. The van der Waals surface area contributed by atoms with Gasteiger partial charge in [0, 0.05) is 0 Å². The van der Waals surface area contributed by atoms with Crippen LogP contribution in [0.3, 0.4) is 0 Å². The number of hydrogen-bond acceptors (Lipinski definition) is 3. The number of carbonyl (C=O) groups excluding carboxylic acids is 2. The van der Waals surface area contributed by atoms with Gasteiger partial charge in [-0.3, -0.25) is 9.69 Å². The molecule has 0 spiro atoms. The number of ether oxygens (including phenoxy) is 1. The van der Waals surface area contributed by atoms with E-state index >= 15 is 0 Å². The van der Waals surface area contributed by atoms with Gasteiger partial charge in [-0.25, -0.2) is 4.79 Å². The molecule has 0 N–H and O–H groups in total. The van der Waals surface area contributed by atoms with Crippen LogP contribution < -0.4 is 0 Å². The number of carbonyl (C=O) groups is 2. The minimum Gasteiger partial charge on any atom is -0.444 e. The van der Waals surface area contributed by atoms with Gasteiger partial charge in [-0.1, -0.05) is 24.3 Å². The second-order valence-corrected chi connectivity index (χ2v) is 6.08. The molecular formula is C15H18ClNO3. The van der Waals surface area contributed by atoms with Gasteiger partial charge in [0.05, 0.1) is 12.4 Å². The zero-order valence-corrected chi connectivity index (χ0v) is 12.6. The van der Waals surface area contributed by atoms with Crippen molar-refractivity contribution in [3.05, 3.63) is 35.4 Å². The minimum atomic E-state index is -0.640. The van der Waals surface area contributed by atoms with E-state index in [-0.39, 0.29) is 11.7 Å². The van der Waals surface area contributed by atoms with Crippen molar-refractivity contribution in [3.8, 4) is 0 Å². The number of nitrogens with zero attached hydrogens (tertiary/aromatic N) is 1. The van der Waals surface area contributed by atoms with Crippen LogP contribution in [0.1, 0.15) is 37.9 Å². The quantitative estimate of drug-likeness (QED) is 0.787. The molecule has 108 valence electrons. The van der Waals surface area contributed by atoms with Crippen molar-refractivity contribution in [2.45, 2.75) is 39.0 Å². The summed E-state index contributed by atoms with van der Waals surface area (Å²) in [6.45, 7) is 5.77. The number of alkyl halides is 1. The molecule has 0 saturated carbocycles. The SMILES string of the molecule is CC(C)(C)OC(=O)N1Cc2ccccc2C1C(=O)CCl. The third-order valence-corrected chi connectivity index (χ3v) is 3.33. The van der Waals surface area contributed by atoms with Crippen LogP contribution in [0.2, 0.25) is 0 Å². The Bertz CT molecular complexity index is 536. The van der Waals surface area contributed by atoms with Gasteiger partial charge in [-0.2, -0.15) is 0 Å². The highest BCUT2D eigenvalue weighted by atomic mass is 35.5. The van der Waals surface area contributed by atoms with Gasteiger partial charge < -0.3 is 4.74 Å². The molecule has 1 aliphatic rings. The Morgan fingerprint density at radius 1 is 1.35 bits per heavy atom. The Kier molecular flexibility index (Phi) is 4.04. The van der Waals surface area contributed by atoms with E-state index in [1.54, 1.807) is 20.8 Å². The molecule has 0 aliphatic carbocycles. The average molecular weight is 296 g/mol. The number of rotatable bonds is 2. The van der Waals surface area contributed by atoms with E-state index in [4.69, 9.17) is 16.3 Å². The fourth-order valence-electron chi connectivity index (χ4n) is 2.30. The van der Waals surface area contributed by atoms with Crippen LogP contribution in [0.4, 0.5) is 4.79 Å². The van der Waals surface area contributed by atoms with Crippen LogP contribution in [0.15, 0.2) is 24.3 Å². The molecule has 4 nitrogen and oxygen atoms in total. The summed E-state index contributed by atoms with van der Waals surface area (Å²) in [6, 6.07) is 6.87. The van der Waals surface area contributed by atoms with Gasteiger partial charge in [-0.05, 0) is 31.9 Å². The van der Waals surface area contributed by atoms with Crippen molar-refractivity contribution >= 4 is 23.5 Å². The highest BCUT2D eigenvalue weighted by molar-refractivity contribution is 6.28. The predicted molar refractivity (Wildman–Crippen MR) is 76.7 cm³/mol. The van der Waals surface area contributed by atoms with Gasteiger partial charge in [0.2, 0.25) is 0 Å². The molecule has 1 amide bonds. The highest BCUT2D eigenvalue weighted by Crippen LogP contribution is 2.35. The van der Waals surface area contributed by atoms with Gasteiger partial charge >= 0.3 is 6.09 Å². The van der Waals surface area contributed by atoms with Gasteiger partial charge in [0.25, 0.3) is 0 Å². The molecule has 0 aromatic heterocycles. The first kappa shape index (κ1) is 14.9. The van der Waals surface area contributed by atoms with E-state index in [1.807, 2.05) is 24.3 Å². The van der Waals surface area contributed by atoms with Crippen LogP contribution in [0.5, 0.6) is 0 Å². The van der Waals surface area contributed by atoms with E-state index < -0.39 is 17.7 Å². The number of hydrogen-bond donors (Lipinski definition) is 0. The van der Waals surface area contributed by atoms with Crippen molar-refractivity contribution in [2.24, 2.45) is 0 Å². The molecule has 20 heavy (non-hydrogen) atoms. The van der Waals surface area contributed by atoms with Gasteiger partial charge in [-0.15, -0.1) is 11.6 Å². The maximum absolute atomic E-state index is 12.3. The van der Waals surface area contributed by atoms with Crippen LogP contribution in [-0.4, -0.2) is 28.3 Å². The Morgan fingerprint density at radius 2 is 2.00 bits per heavy atom. The molecule has 1 heterocycles. The lowest BCUT2D eigenvalue weighted by Crippen LogP contribution is -2.38. The Labute approximate surface area is 123 Å². The molecule has 0 radical (unpaired) electrons. The lowest BCUT2D eigenvalue weighted by Gasteiger charge is -2.28. The molecule has 0 fully saturated rings. The normalized spacial score (nSPS) is 17.8. The average Bonchev–Trinajstić information content (AvgIpc) is 2.75. The molecule has 1 unspecified atom stereocenters. The second kappa shape index (κ2) is 5.44. The van der Waals surface area contributed by atoms with Crippen LogP contribution in [0, 0.1) is 0 Å². The van der Waals surface area contributed by atoms with Crippen LogP contribution in [-0.2, 0) is 16.1 Å². The number of halogens is 1. The zero-order chi connectivity index (χ0) is 14.9.